The number of aliphatic hydroxyl groups is 1. The molecule has 1 fully saturated rings. The van der Waals surface area contributed by atoms with Crippen molar-refractivity contribution >= 4 is 11.6 Å². The van der Waals surface area contributed by atoms with Crippen LogP contribution in [0.15, 0.2) is 29.4 Å². The third-order valence-corrected chi connectivity index (χ3v) is 5.34. The Balaban J connectivity index is 1.98. The molecule has 1 aromatic carbocycles. The predicted molar refractivity (Wildman–Crippen MR) is 88.7 cm³/mol. The van der Waals surface area contributed by atoms with E-state index in [0.29, 0.717) is 18.6 Å². The first-order valence-corrected chi connectivity index (χ1v) is 8.57. The van der Waals surface area contributed by atoms with Crippen LogP contribution in [0.5, 0.6) is 5.75 Å². The summed E-state index contributed by atoms with van der Waals surface area (Å²) in [6.07, 6.45) is -3.05. The number of ether oxygens (including phenoxy) is 1. The number of rotatable bonds is 3. The van der Waals surface area contributed by atoms with E-state index in [1.54, 1.807) is 0 Å². The Morgan fingerprint density at radius 1 is 1.38 bits per heavy atom. The third-order valence-electron chi connectivity index (χ3n) is 5.34. The summed E-state index contributed by atoms with van der Waals surface area (Å²) in [6.45, 7) is 1.91. The number of hydrogen-bond donors (Lipinski definition) is 1. The summed E-state index contributed by atoms with van der Waals surface area (Å²) in [5, 5.41) is 14.8. The Kier molecular flexibility index (Phi) is 4.72. The normalized spacial score (nSPS) is 28.5. The Bertz CT molecular complexity index is 717. The van der Waals surface area contributed by atoms with E-state index in [-0.39, 0.29) is 28.6 Å². The van der Waals surface area contributed by atoms with Gasteiger partial charge in [-0.25, -0.2) is 0 Å². The lowest BCUT2D eigenvalue weighted by atomic mass is 9.74. The van der Waals surface area contributed by atoms with Crippen LogP contribution in [0.1, 0.15) is 43.0 Å². The van der Waals surface area contributed by atoms with Crippen molar-refractivity contribution in [2.24, 2.45) is 16.9 Å². The number of hydrazone groups is 1. The molecule has 0 aromatic heterocycles. The van der Waals surface area contributed by atoms with Crippen molar-refractivity contribution in [2.45, 2.75) is 44.5 Å². The molecule has 0 bridgehead atoms. The summed E-state index contributed by atoms with van der Waals surface area (Å²) in [5.74, 6) is -1.66. The molecule has 142 valence electrons. The van der Waals surface area contributed by atoms with Gasteiger partial charge in [0.15, 0.2) is 0 Å². The SMILES string of the molecule is CCC1CCC2=NN(C(=O)c3ccc(OC)cc3)C(O)(C(F)(F)F)C2C1. The maximum Gasteiger partial charge on any atom is 0.439 e. The maximum atomic E-state index is 13.9. The molecule has 5 nitrogen and oxygen atoms in total. The molecule has 1 saturated carbocycles. The minimum absolute atomic E-state index is 0.00325. The number of alkyl halides is 3. The van der Waals surface area contributed by atoms with Gasteiger partial charge in [-0.2, -0.15) is 23.3 Å². The minimum atomic E-state index is -5.01. The zero-order chi connectivity index (χ0) is 19.1. The van der Waals surface area contributed by atoms with Gasteiger partial charge in [0.1, 0.15) is 5.75 Å². The van der Waals surface area contributed by atoms with Crippen LogP contribution in [0.4, 0.5) is 13.2 Å². The highest BCUT2D eigenvalue weighted by Crippen LogP contribution is 2.50. The van der Waals surface area contributed by atoms with Gasteiger partial charge < -0.3 is 9.84 Å². The van der Waals surface area contributed by atoms with Crippen molar-refractivity contribution in [3.05, 3.63) is 29.8 Å². The van der Waals surface area contributed by atoms with E-state index < -0.39 is 23.7 Å². The molecule has 1 amide bonds. The monoisotopic (exact) mass is 370 g/mol. The molecule has 8 heteroatoms. The molecule has 0 spiro atoms. The molecule has 1 aliphatic heterocycles. The number of benzene rings is 1. The van der Waals surface area contributed by atoms with Crippen LogP contribution in [0.25, 0.3) is 0 Å². The summed E-state index contributed by atoms with van der Waals surface area (Å²) in [7, 11) is 1.44. The molecule has 26 heavy (non-hydrogen) atoms. The second-order valence-corrected chi connectivity index (χ2v) is 6.76. The Hall–Kier alpha value is -2.09. The number of amides is 1. The molecule has 1 N–H and O–H groups in total. The molecule has 3 unspecified atom stereocenters. The molecule has 1 aromatic rings. The first-order chi connectivity index (χ1) is 12.2. The van der Waals surface area contributed by atoms with Crippen LogP contribution in [0.2, 0.25) is 0 Å². The molecular weight excluding hydrogens is 349 g/mol. The van der Waals surface area contributed by atoms with E-state index in [1.807, 2.05) is 6.92 Å². The van der Waals surface area contributed by atoms with Crippen molar-refractivity contribution < 1.29 is 27.8 Å². The zero-order valence-electron chi connectivity index (χ0n) is 14.6. The highest BCUT2D eigenvalue weighted by Gasteiger charge is 2.68. The van der Waals surface area contributed by atoms with Crippen molar-refractivity contribution in [2.75, 3.05) is 7.11 Å². The summed E-state index contributed by atoms with van der Waals surface area (Å²) >= 11 is 0. The van der Waals surface area contributed by atoms with Crippen LogP contribution in [0.3, 0.4) is 0 Å². The van der Waals surface area contributed by atoms with E-state index in [4.69, 9.17) is 4.74 Å². The van der Waals surface area contributed by atoms with Gasteiger partial charge in [-0.05, 0) is 49.4 Å². The average molecular weight is 370 g/mol. The highest BCUT2D eigenvalue weighted by molar-refractivity contribution is 5.99. The van der Waals surface area contributed by atoms with Gasteiger partial charge in [-0.1, -0.05) is 13.3 Å². The van der Waals surface area contributed by atoms with E-state index in [0.717, 1.165) is 6.42 Å². The molecule has 1 heterocycles. The number of methoxy groups -OCH3 is 1. The van der Waals surface area contributed by atoms with E-state index in [2.05, 4.69) is 5.10 Å². The van der Waals surface area contributed by atoms with Gasteiger partial charge in [0.05, 0.1) is 13.0 Å². The van der Waals surface area contributed by atoms with Crippen molar-refractivity contribution in [3.8, 4) is 5.75 Å². The maximum absolute atomic E-state index is 13.9. The molecule has 0 saturated heterocycles. The zero-order valence-corrected chi connectivity index (χ0v) is 14.6. The molecule has 1 aliphatic carbocycles. The number of nitrogens with zero attached hydrogens (tertiary/aromatic N) is 2. The van der Waals surface area contributed by atoms with Gasteiger partial charge in [0.2, 0.25) is 0 Å². The Morgan fingerprint density at radius 3 is 2.58 bits per heavy atom. The molecular formula is C18H21F3N2O3. The van der Waals surface area contributed by atoms with Crippen molar-refractivity contribution in [1.29, 1.82) is 0 Å². The van der Waals surface area contributed by atoms with Crippen molar-refractivity contribution in [1.82, 2.24) is 5.01 Å². The Morgan fingerprint density at radius 2 is 2.04 bits per heavy atom. The summed E-state index contributed by atoms with van der Waals surface area (Å²) in [4.78, 5) is 12.7. The number of halogens is 3. The lowest BCUT2D eigenvalue weighted by molar-refractivity contribution is -0.313. The van der Waals surface area contributed by atoms with Crippen LogP contribution in [-0.2, 0) is 0 Å². The Labute approximate surface area is 149 Å². The fourth-order valence-corrected chi connectivity index (χ4v) is 3.73. The van der Waals surface area contributed by atoms with Gasteiger partial charge >= 0.3 is 6.18 Å². The first-order valence-electron chi connectivity index (χ1n) is 8.57. The topological polar surface area (TPSA) is 62.1 Å². The lowest BCUT2D eigenvalue weighted by Crippen LogP contribution is -2.61. The minimum Gasteiger partial charge on any atom is -0.497 e. The van der Waals surface area contributed by atoms with E-state index in [9.17, 15) is 23.1 Å². The number of hydrogen-bond acceptors (Lipinski definition) is 4. The number of fused-ring (bicyclic) bond motifs is 1. The fourth-order valence-electron chi connectivity index (χ4n) is 3.73. The second kappa shape index (κ2) is 6.57. The first kappa shape index (κ1) is 18.7. The van der Waals surface area contributed by atoms with Gasteiger partial charge in [0.25, 0.3) is 11.6 Å². The van der Waals surface area contributed by atoms with E-state index in [1.165, 1.54) is 31.4 Å². The standard InChI is InChI=1S/C18H21F3N2O3/c1-3-11-4-9-15-14(10-11)17(25,18(19,20)21)23(22-15)16(24)12-5-7-13(26-2)8-6-12/h5-8,11,14,25H,3-4,9-10H2,1-2H3. The van der Waals surface area contributed by atoms with Crippen LogP contribution >= 0.6 is 0 Å². The van der Waals surface area contributed by atoms with E-state index >= 15 is 0 Å². The van der Waals surface area contributed by atoms with Gasteiger partial charge in [-0.15, -0.1) is 0 Å². The molecule has 2 aliphatic rings. The summed E-state index contributed by atoms with van der Waals surface area (Å²) in [5.41, 5.74) is -3.06. The lowest BCUT2D eigenvalue weighted by Gasteiger charge is -2.39. The average Bonchev–Trinajstić information content (AvgIpc) is 2.94. The third kappa shape index (κ3) is 2.86. The summed E-state index contributed by atoms with van der Waals surface area (Å²) < 4.78 is 46.6. The van der Waals surface area contributed by atoms with Gasteiger partial charge in [-0.3, -0.25) is 4.79 Å². The van der Waals surface area contributed by atoms with Crippen LogP contribution in [0, 0.1) is 11.8 Å². The fraction of sp³-hybridized carbons (Fsp3) is 0.556. The molecule has 0 radical (unpaired) electrons. The molecule has 3 rings (SSSR count). The number of carbonyl (C=O) groups is 1. The van der Waals surface area contributed by atoms with Crippen LogP contribution < -0.4 is 4.74 Å². The largest absolute Gasteiger partial charge is 0.497 e. The van der Waals surface area contributed by atoms with Crippen molar-refractivity contribution in [3.63, 3.8) is 0 Å². The van der Waals surface area contributed by atoms with Crippen LogP contribution in [-0.4, -0.2) is 40.7 Å². The second-order valence-electron chi connectivity index (χ2n) is 6.76. The number of carbonyl (C=O) groups excluding carboxylic acids is 1. The molecule has 3 atom stereocenters. The predicted octanol–water partition coefficient (Wildman–Crippen LogP) is 3.58. The quantitative estimate of drug-likeness (QED) is 0.885. The highest BCUT2D eigenvalue weighted by atomic mass is 19.4. The van der Waals surface area contributed by atoms with Gasteiger partial charge in [0, 0.05) is 11.3 Å². The summed E-state index contributed by atoms with van der Waals surface area (Å²) in [6, 6.07) is 5.66. The smallest absolute Gasteiger partial charge is 0.439 e.